The number of hydrogen-bond acceptors (Lipinski definition) is 7. The third-order valence-corrected chi connectivity index (χ3v) is 6.63. The third kappa shape index (κ3) is 3.16. The van der Waals surface area contributed by atoms with Crippen LogP contribution in [0.1, 0.15) is 22.5 Å². The average molecular weight is 398 g/mol. The van der Waals surface area contributed by atoms with Crippen molar-refractivity contribution < 1.29 is 9.32 Å². The summed E-state index contributed by atoms with van der Waals surface area (Å²) in [5.41, 5.74) is 2.66. The normalized spacial score (nSPS) is 18.3. The van der Waals surface area contributed by atoms with Crippen molar-refractivity contribution in [2.75, 3.05) is 51.2 Å². The van der Waals surface area contributed by atoms with Gasteiger partial charge in [0.25, 0.3) is 5.91 Å². The number of carbonyl (C=O) groups excluding carboxylic acids is 1. The van der Waals surface area contributed by atoms with Crippen molar-refractivity contribution in [1.29, 1.82) is 0 Å². The quantitative estimate of drug-likeness (QED) is 0.677. The van der Waals surface area contributed by atoms with Crippen LogP contribution in [0.2, 0.25) is 0 Å². The number of likely N-dealkylation sites (N-methyl/N-ethyl adjacent to an activating group) is 1. The van der Waals surface area contributed by atoms with Crippen LogP contribution in [0.4, 0.5) is 5.69 Å². The number of benzene rings is 1. The van der Waals surface area contributed by atoms with Gasteiger partial charge < -0.3 is 19.2 Å². The molecule has 0 unspecified atom stereocenters. The molecule has 146 valence electrons. The summed E-state index contributed by atoms with van der Waals surface area (Å²) in [7, 11) is 2.08. The van der Waals surface area contributed by atoms with Gasteiger partial charge in [-0.15, -0.1) is 11.3 Å². The van der Waals surface area contributed by atoms with Crippen LogP contribution >= 0.6 is 11.3 Å². The lowest BCUT2D eigenvalue weighted by Crippen LogP contribution is -2.46. The highest BCUT2D eigenvalue weighted by atomic mass is 32.1. The number of nitrogens with zero attached hydrogens (tertiary/aromatic N) is 5. The number of amides is 1. The lowest BCUT2D eigenvalue weighted by molar-refractivity contribution is 0.0668. The number of carbonyl (C=O) groups is 1. The molecular weight excluding hydrogens is 374 g/mol. The van der Waals surface area contributed by atoms with E-state index in [-0.39, 0.29) is 5.91 Å². The van der Waals surface area contributed by atoms with Gasteiger partial charge in [0.05, 0.1) is 11.6 Å². The summed E-state index contributed by atoms with van der Waals surface area (Å²) >= 11 is 1.39. The Hall–Kier alpha value is -2.45. The molecule has 0 saturated carbocycles. The number of piperazine rings is 1. The average Bonchev–Trinajstić information content (AvgIpc) is 3.47. The zero-order valence-corrected chi connectivity index (χ0v) is 16.7. The zero-order valence-electron chi connectivity index (χ0n) is 15.9. The van der Waals surface area contributed by atoms with Crippen molar-refractivity contribution in [1.82, 2.24) is 19.9 Å². The number of fused-ring (bicyclic) bond motifs is 1. The Bertz CT molecular complexity index is 999. The lowest BCUT2D eigenvalue weighted by atomic mass is 10.2. The molecule has 2 fully saturated rings. The topological polar surface area (TPSA) is 65.7 Å². The van der Waals surface area contributed by atoms with Crippen LogP contribution in [0.15, 0.2) is 28.9 Å². The van der Waals surface area contributed by atoms with Gasteiger partial charge in [0, 0.05) is 51.0 Å². The Kier molecular flexibility index (Phi) is 4.52. The molecule has 5 rings (SSSR count). The first-order chi connectivity index (χ1) is 13.7. The molecule has 2 aromatic heterocycles. The molecule has 3 aromatic rings. The number of thiazole rings is 1. The van der Waals surface area contributed by atoms with Crippen LogP contribution in [0, 0.1) is 0 Å². The van der Waals surface area contributed by atoms with Crippen LogP contribution in [0.3, 0.4) is 0 Å². The largest absolute Gasteiger partial charge is 0.371 e. The highest BCUT2D eigenvalue weighted by Gasteiger charge is 2.24. The molecule has 0 bridgehead atoms. The van der Waals surface area contributed by atoms with Gasteiger partial charge in [-0.3, -0.25) is 4.79 Å². The maximum atomic E-state index is 12.8. The van der Waals surface area contributed by atoms with Gasteiger partial charge in [-0.1, -0.05) is 5.16 Å². The van der Waals surface area contributed by atoms with Gasteiger partial charge in [0.15, 0.2) is 5.58 Å². The molecule has 28 heavy (non-hydrogen) atoms. The van der Waals surface area contributed by atoms with Gasteiger partial charge in [-0.2, -0.15) is 0 Å². The smallest absolute Gasteiger partial charge is 0.265 e. The Morgan fingerprint density at radius 2 is 1.89 bits per heavy atom. The van der Waals surface area contributed by atoms with E-state index in [2.05, 4.69) is 45.2 Å². The summed E-state index contributed by atoms with van der Waals surface area (Å²) in [6.45, 7) is 5.52. The highest BCUT2D eigenvalue weighted by Crippen LogP contribution is 2.34. The van der Waals surface area contributed by atoms with Crippen molar-refractivity contribution in [2.24, 2.45) is 0 Å². The fraction of sp³-hybridized carbons (Fsp3) is 0.450. The molecule has 7 nitrogen and oxygen atoms in total. The maximum Gasteiger partial charge on any atom is 0.265 e. The van der Waals surface area contributed by atoms with Crippen LogP contribution < -0.4 is 4.90 Å². The van der Waals surface area contributed by atoms with Crippen molar-refractivity contribution in [2.45, 2.75) is 12.8 Å². The predicted molar refractivity (Wildman–Crippen MR) is 110 cm³/mol. The molecule has 2 aliphatic heterocycles. The van der Waals surface area contributed by atoms with Gasteiger partial charge in [-0.05, 0) is 32.0 Å². The monoisotopic (exact) mass is 397 g/mol. The molecular formula is C20H23N5O2S. The molecule has 1 aromatic carbocycles. The first-order valence-electron chi connectivity index (χ1n) is 9.77. The minimum atomic E-state index is 0.0565. The van der Waals surface area contributed by atoms with Gasteiger partial charge >= 0.3 is 0 Å². The predicted octanol–water partition coefficient (Wildman–Crippen LogP) is 2.94. The van der Waals surface area contributed by atoms with Crippen LogP contribution in [0.5, 0.6) is 0 Å². The standard InChI is InChI=1S/C20H23N5O2S/c1-23-8-10-25(11-9-23)20(26)17-13-21-19(28-17)18-15-5-4-14(12-16(15)27-22-18)24-6-2-3-7-24/h4-5,12-13H,2-3,6-11H2,1H3. The van der Waals surface area contributed by atoms with Crippen molar-refractivity contribution >= 4 is 33.9 Å². The van der Waals surface area contributed by atoms with E-state index in [1.807, 2.05) is 4.90 Å². The summed E-state index contributed by atoms with van der Waals surface area (Å²) in [6.07, 6.45) is 4.14. The second-order valence-electron chi connectivity index (χ2n) is 7.53. The van der Waals surface area contributed by atoms with E-state index in [4.69, 9.17) is 4.52 Å². The molecule has 0 radical (unpaired) electrons. The molecule has 0 spiro atoms. The minimum absolute atomic E-state index is 0.0565. The lowest BCUT2D eigenvalue weighted by Gasteiger charge is -2.31. The molecule has 4 heterocycles. The van der Waals surface area contributed by atoms with E-state index in [0.717, 1.165) is 55.2 Å². The fourth-order valence-electron chi connectivity index (χ4n) is 3.90. The molecule has 1 amide bonds. The van der Waals surface area contributed by atoms with Crippen LogP contribution in [0.25, 0.3) is 21.7 Å². The van der Waals surface area contributed by atoms with Gasteiger partial charge in [0.1, 0.15) is 15.6 Å². The Morgan fingerprint density at radius 1 is 1.11 bits per heavy atom. The third-order valence-electron chi connectivity index (χ3n) is 5.64. The number of aromatic nitrogens is 2. The van der Waals surface area contributed by atoms with E-state index >= 15 is 0 Å². The summed E-state index contributed by atoms with van der Waals surface area (Å²) < 4.78 is 5.59. The Morgan fingerprint density at radius 3 is 2.68 bits per heavy atom. The summed E-state index contributed by atoms with van der Waals surface area (Å²) in [4.78, 5) is 24.4. The van der Waals surface area contributed by atoms with Crippen molar-refractivity contribution in [3.05, 3.63) is 29.3 Å². The van der Waals surface area contributed by atoms with Crippen LogP contribution in [-0.4, -0.2) is 72.2 Å². The van der Waals surface area contributed by atoms with E-state index < -0.39 is 0 Å². The van der Waals surface area contributed by atoms with E-state index in [1.165, 1.54) is 29.9 Å². The van der Waals surface area contributed by atoms with E-state index in [1.54, 1.807) is 6.20 Å². The minimum Gasteiger partial charge on any atom is -0.371 e. The van der Waals surface area contributed by atoms with Crippen molar-refractivity contribution in [3.63, 3.8) is 0 Å². The number of rotatable bonds is 3. The molecule has 2 aliphatic rings. The molecule has 0 aliphatic carbocycles. The van der Waals surface area contributed by atoms with E-state index in [0.29, 0.717) is 10.6 Å². The SMILES string of the molecule is CN1CCN(C(=O)c2cnc(-c3noc4cc(N5CCCC5)ccc34)s2)CC1. The second-order valence-corrected chi connectivity index (χ2v) is 8.56. The van der Waals surface area contributed by atoms with Gasteiger partial charge in [-0.25, -0.2) is 4.98 Å². The summed E-state index contributed by atoms with van der Waals surface area (Å²) in [6, 6.07) is 6.23. The van der Waals surface area contributed by atoms with E-state index in [9.17, 15) is 4.79 Å². The summed E-state index contributed by atoms with van der Waals surface area (Å²) in [5.74, 6) is 0.0565. The Balaban J connectivity index is 1.39. The highest BCUT2D eigenvalue weighted by molar-refractivity contribution is 7.17. The fourth-order valence-corrected chi connectivity index (χ4v) is 4.78. The number of hydrogen-bond donors (Lipinski definition) is 0. The first kappa shape index (κ1) is 17.6. The van der Waals surface area contributed by atoms with Crippen molar-refractivity contribution in [3.8, 4) is 10.7 Å². The summed E-state index contributed by atoms with van der Waals surface area (Å²) in [5, 5.41) is 5.92. The maximum absolute atomic E-state index is 12.8. The molecule has 2 saturated heterocycles. The number of anilines is 1. The Labute approximate surface area is 167 Å². The zero-order chi connectivity index (χ0) is 19.1. The molecule has 0 N–H and O–H groups in total. The second kappa shape index (κ2) is 7.18. The van der Waals surface area contributed by atoms with Gasteiger partial charge in [0.2, 0.25) is 0 Å². The first-order valence-corrected chi connectivity index (χ1v) is 10.6. The molecule has 8 heteroatoms. The van der Waals surface area contributed by atoms with Crippen LogP contribution in [-0.2, 0) is 0 Å². The molecule has 0 atom stereocenters.